The molecule has 2 heteroatoms. The minimum Gasteiger partial charge on any atom is -0.271 e. The summed E-state index contributed by atoms with van der Waals surface area (Å²) in [4.78, 5) is 0. The fourth-order valence-corrected chi connectivity index (χ4v) is 2.59. The van der Waals surface area contributed by atoms with Crippen LogP contribution in [-0.2, 0) is 0 Å². The Balaban J connectivity index is 2.06. The summed E-state index contributed by atoms with van der Waals surface area (Å²) in [6.45, 7) is 2.08. The Labute approximate surface area is 98.2 Å². The van der Waals surface area contributed by atoms with Crippen molar-refractivity contribution in [3.8, 4) is 0 Å². The molecule has 2 nitrogen and oxygen atoms in total. The molecular weight excluding hydrogens is 196 g/mol. The molecule has 0 saturated heterocycles. The van der Waals surface area contributed by atoms with Gasteiger partial charge >= 0.3 is 0 Å². The molecule has 1 fully saturated rings. The highest BCUT2D eigenvalue weighted by Gasteiger charge is 2.15. The number of hydrazine groups is 1. The summed E-state index contributed by atoms with van der Waals surface area (Å²) in [5.41, 5.74) is 5.55. The van der Waals surface area contributed by atoms with Gasteiger partial charge in [-0.1, -0.05) is 43.5 Å². The predicted molar refractivity (Wildman–Crippen MR) is 68.0 cm³/mol. The molecule has 1 aliphatic rings. The van der Waals surface area contributed by atoms with E-state index in [9.17, 15) is 0 Å². The van der Waals surface area contributed by atoms with Crippen LogP contribution in [-0.4, -0.2) is 0 Å². The quantitative estimate of drug-likeness (QED) is 0.603. The normalized spacial score (nSPS) is 19.6. The lowest BCUT2D eigenvalue weighted by molar-refractivity contribution is 0.443. The van der Waals surface area contributed by atoms with E-state index in [-0.39, 0.29) is 6.04 Å². The lowest BCUT2D eigenvalue weighted by Gasteiger charge is -2.22. The number of nitrogens with two attached hydrogens (primary N) is 1. The summed E-state index contributed by atoms with van der Waals surface area (Å²) >= 11 is 0. The number of benzene rings is 1. The molecule has 1 aliphatic carbocycles. The van der Waals surface area contributed by atoms with Crippen LogP contribution in [0.4, 0.5) is 0 Å². The van der Waals surface area contributed by atoms with Crippen molar-refractivity contribution in [2.24, 2.45) is 5.84 Å². The molecule has 0 radical (unpaired) electrons. The fraction of sp³-hybridized carbons (Fsp3) is 0.571. The van der Waals surface area contributed by atoms with Crippen LogP contribution in [0.2, 0.25) is 0 Å². The van der Waals surface area contributed by atoms with E-state index in [1.165, 1.54) is 43.2 Å². The third kappa shape index (κ3) is 2.63. The van der Waals surface area contributed by atoms with Gasteiger partial charge in [0.05, 0.1) is 0 Å². The molecule has 0 aliphatic heterocycles. The first-order chi connectivity index (χ1) is 7.81. The molecule has 0 spiro atoms. The van der Waals surface area contributed by atoms with Crippen molar-refractivity contribution in [2.75, 3.05) is 0 Å². The standard InChI is InChI=1S/C14H22N2/c1-11(16-15)12-7-9-14(10-8-12)13-5-3-2-4-6-13/h7-11,13,16H,2-6,15H2,1H3/t11-/m1/s1. The minimum absolute atomic E-state index is 0.236. The van der Waals surface area contributed by atoms with Gasteiger partial charge in [0.2, 0.25) is 0 Å². The Hall–Kier alpha value is -0.860. The van der Waals surface area contributed by atoms with Gasteiger partial charge in [-0.3, -0.25) is 11.3 Å². The van der Waals surface area contributed by atoms with Gasteiger partial charge in [0.25, 0.3) is 0 Å². The molecule has 1 aromatic rings. The van der Waals surface area contributed by atoms with Crippen LogP contribution in [0.1, 0.15) is 62.1 Å². The van der Waals surface area contributed by atoms with Gasteiger partial charge in [0.1, 0.15) is 0 Å². The van der Waals surface area contributed by atoms with E-state index in [0.29, 0.717) is 0 Å². The van der Waals surface area contributed by atoms with Crippen LogP contribution in [0.3, 0.4) is 0 Å². The molecule has 3 N–H and O–H groups in total. The zero-order chi connectivity index (χ0) is 11.4. The second-order valence-corrected chi connectivity index (χ2v) is 4.89. The van der Waals surface area contributed by atoms with Gasteiger partial charge in [-0.15, -0.1) is 0 Å². The van der Waals surface area contributed by atoms with Gasteiger partial charge in [0.15, 0.2) is 0 Å². The van der Waals surface area contributed by atoms with Crippen molar-refractivity contribution in [1.29, 1.82) is 0 Å². The zero-order valence-electron chi connectivity index (χ0n) is 10.1. The van der Waals surface area contributed by atoms with Crippen molar-refractivity contribution in [3.63, 3.8) is 0 Å². The molecular formula is C14H22N2. The highest BCUT2D eigenvalue weighted by molar-refractivity contribution is 5.27. The molecule has 0 aromatic heterocycles. The lowest BCUT2D eigenvalue weighted by atomic mass is 9.84. The Morgan fingerprint density at radius 2 is 1.75 bits per heavy atom. The Bertz CT molecular complexity index is 312. The second-order valence-electron chi connectivity index (χ2n) is 4.89. The molecule has 0 unspecified atom stereocenters. The minimum atomic E-state index is 0.236. The molecule has 2 rings (SSSR count). The van der Waals surface area contributed by atoms with Crippen molar-refractivity contribution in [2.45, 2.75) is 51.0 Å². The summed E-state index contributed by atoms with van der Waals surface area (Å²) in [7, 11) is 0. The zero-order valence-corrected chi connectivity index (χ0v) is 10.1. The van der Waals surface area contributed by atoms with Gasteiger partial charge in [0, 0.05) is 6.04 Å². The van der Waals surface area contributed by atoms with Crippen LogP contribution < -0.4 is 11.3 Å². The number of nitrogens with one attached hydrogen (secondary N) is 1. The van der Waals surface area contributed by atoms with Crippen LogP contribution in [0, 0.1) is 0 Å². The van der Waals surface area contributed by atoms with Crippen molar-refractivity contribution in [3.05, 3.63) is 35.4 Å². The summed E-state index contributed by atoms with van der Waals surface area (Å²) in [6.07, 6.45) is 6.94. The molecule has 16 heavy (non-hydrogen) atoms. The smallest absolute Gasteiger partial charge is 0.0431 e. The monoisotopic (exact) mass is 218 g/mol. The van der Waals surface area contributed by atoms with Crippen molar-refractivity contribution in [1.82, 2.24) is 5.43 Å². The summed E-state index contributed by atoms with van der Waals surface area (Å²) in [6, 6.07) is 9.20. The first kappa shape index (κ1) is 11.6. The molecule has 0 heterocycles. The van der Waals surface area contributed by atoms with Crippen LogP contribution >= 0.6 is 0 Å². The molecule has 0 amide bonds. The SMILES string of the molecule is C[C@@H](NN)c1ccc(C2CCCCC2)cc1. The average molecular weight is 218 g/mol. The molecule has 1 atom stereocenters. The Morgan fingerprint density at radius 3 is 2.31 bits per heavy atom. The summed E-state index contributed by atoms with van der Waals surface area (Å²) in [5, 5.41) is 0. The highest BCUT2D eigenvalue weighted by Crippen LogP contribution is 2.32. The van der Waals surface area contributed by atoms with Crippen molar-refractivity contribution < 1.29 is 0 Å². The second kappa shape index (κ2) is 5.46. The largest absolute Gasteiger partial charge is 0.271 e. The van der Waals surface area contributed by atoms with E-state index < -0.39 is 0 Å². The Kier molecular flexibility index (Phi) is 3.97. The maximum atomic E-state index is 5.43. The third-order valence-corrected chi connectivity index (χ3v) is 3.76. The molecule has 1 saturated carbocycles. The summed E-state index contributed by atoms with van der Waals surface area (Å²) < 4.78 is 0. The van der Waals surface area contributed by atoms with Crippen LogP contribution in [0.15, 0.2) is 24.3 Å². The molecule has 1 aromatic carbocycles. The van der Waals surface area contributed by atoms with Crippen LogP contribution in [0.25, 0.3) is 0 Å². The molecule has 0 bridgehead atoms. The van der Waals surface area contributed by atoms with Gasteiger partial charge in [-0.25, -0.2) is 0 Å². The number of rotatable bonds is 3. The maximum absolute atomic E-state index is 5.43. The van der Waals surface area contributed by atoms with E-state index in [1.807, 2.05) is 0 Å². The van der Waals surface area contributed by atoms with E-state index in [4.69, 9.17) is 5.84 Å². The highest BCUT2D eigenvalue weighted by atomic mass is 15.2. The van der Waals surface area contributed by atoms with E-state index >= 15 is 0 Å². The molecule has 88 valence electrons. The maximum Gasteiger partial charge on any atom is 0.0431 e. The first-order valence-electron chi connectivity index (χ1n) is 6.37. The fourth-order valence-electron chi connectivity index (χ4n) is 2.59. The van der Waals surface area contributed by atoms with E-state index in [2.05, 4.69) is 36.6 Å². The predicted octanol–water partition coefficient (Wildman–Crippen LogP) is 3.26. The van der Waals surface area contributed by atoms with E-state index in [1.54, 1.807) is 0 Å². The first-order valence-corrected chi connectivity index (χ1v) is 6.37. The lowest BCUT2D eigenvalue weighted by Crippen LogP contribution is -2.25. The van der Waals surface area contributed by atoms with E-state index in [0.717, 1.165) is 5.92 Å². The third-order valence-electron chi connectivity index (χ3n) is 3.76. The van der Waals surface area contributed by atoms with Gasteiger partial charge < -0.3 is 0 Å². The summed E-state index contributed by atoms with van der Waals surface area (Å²) in [5.74, 6) is 6.23. The average Bonchev–Trinajstić information content (AvgIpc) is 2.39. The van der Waals surface area contributed by atoms with Gasteiger partial charge in [-0.05, 0) is 36.8 Å². The topological polar surface area (TPSA) is 38.0 Å². The number of hydrogen-bond donors (Lipinski definition) is 2. The van der Waals surface area contributed by atoms with Crippen LogP contribution in [0.5, 0.6) is 0 Å². The van der Waals surface area contributed by atoms with Gasteiger partial charge in [-0.2, -0.15) is 0 Å². The Morgan fingerprint density at radius 1 is 1.12 bits per heavy atom. The van der Waals surface area contributed by atoms with Crippen molar-refractivity contribution >= 4 is 0 Å². The number of hydrogen-bond acceptors (Lipinski definition) is 2.